The molecule has 0 aliphatic heterocycles. The summed E-state index contributed by atoms with van der Waals surface area (Å²) in [5.41, 5.74) is 0. The van der Waals surface area contributed by atoms with Crippen molar-refractivity contribution in [3.05, 3.63) is 0 Å². The second kappa shape index (κ2) is 5.60. The van der Waals surface area contributed by atoms with Crippen molar-refractivity contribution in [2.75, 3.05) is 0 Å². The Morgan fingerprint density at radius 3 is 2.00 bits per heavy atom. The van der Waals surface area contributed by atoms with Crippen molar-refractivity contribution in [2.45, 2.75) is 19.4 Å². The third-order valence-corrected chi connectivity index (χ3v) is 0.630. The van der Waals surface area contributed by atoms with Crippen LogP contribution in [-0.4, -0.2) is 18.5 Å². The van der Waals surface area contributed by atoms with E-state index in [0.29, 0.717) is 6.92 Å². The number of carbonyl (C=O) groups is 1. The molecule has 1 atom stereocenters. The first-order valence-electron chi connectivity index (χ1n) is 2.27. The Morgan fingerprint density at radius 1 is 1.55 bits per heavy atom. The van der Waals surface area contributed by atoms with Crippen LogP contribution in [0.15, 0.2) is 0 Å². The fraction of sp³-hybridized carbons (Fsp3) is 0.750. The third kappa shape index (κ3) is 8.90. The molecule has 0 rings (SSSR count). The molecular formula is C4H5F4KO2. The maximum Gasteiger partial charge on any atom is 1.00 e. The number of rotatable bonds is 2. The predicted octanol–water partition coefficient (Wildman–Crippen LogP) is -1.48. The number of ether oxygens (including phenoxy) is 1. The van der Waals surface area contributed by atoms with Gasteiger partial charge in [-0.2, -0.15) is 4.39 Å². The standard InChI is InChI=1S/C4H4F4O2.K.H/c1-2(3(5)9)10-4(6,7)8;;/h2H,1H3;;/q;+1;-1. The van der Waals surface area contributed by atoms with E-state index in [1.807, 2.05) is 0 Å². The van der Waals surface area contributed by atoms with E-state index in [4.69, 9.17) is 0 Å². The van der Waals surface area contributed by atoms with Crippen molar-refractivity contribution in [1.82, 2.24) is 0 Å². The minimum atomic E-state index is -4.96. The van der Waals surface area contributed by atoms with Crippen LogP contribution in [0, 0.1) is 0 Å². The Labute approximate surface area is 104 Å². The summed E-state index contributed by atoms with van der Waals surface area (Å²) in [6.45, 7) is 0.676. The van der Waals surface area contributed by atoms with E-state index in [-0.39, 0.29) is 52.8 Å². The fourth-order valence-corrected chi connectivity index (χ4v) is 0.247. The quantitative estimate of drug-likeness (QED) is 0.309. The largest absolute Gasteiger partial charge is 1.00 e. The zero-order valence-corrected chi connectivity index (χ0v) is 9.03. The van der Waals surface area contributed by atoms with Gasteiger partial charge in [-0.05, 0) is 6.92 Å². The molecule has 0 fully saturated rings. The summed E-state index contributed by atoms with van der Waals surface area (Å²) in [5, 5.41) is 0. The summed E-state index contributed by atoms with van der Waals surface area (Å²) in [7, 11) is 0. The molecule has 0 N–H and O–H groups in total. The Balaban J connectivity index is -0.000000405. The summed E-state index contributed by atoms with van der Waals surface area (Å²) in [6.07, 6.45) is -7.03. The van der Waals surface area contributed by atoms with Crippen LogP contribution in [0.25, 0.3) is 0 Å². The zero-order valence-electron chi connectivity index (χ0n) is 6.91. The fourth-order valence-electron chi connectivity index (χ4n) is 0.247. The van der Waals surface area contributed by atoms with Gasteiger partial charge in [0.25, 0.3) is 0 Å². The van der Waals surface area contributed by atoms with Gasteiger partial charge in [0.1, 0.15) is 0 Å². The van der Waals surface area contributed by atoms with Gasteiger partial charge >= 0.3 is 63.8 Å². The van der Waals surface area contributed by atoms with Crippen LogP contribution in [0.2, 0.25) is 0 Å². The molecule has 11 heavy (non-hydrogen) atoms. The van der Waals surface area contributed by atoms with E-state index in [9.17, 15) is 22.4 Å². The maximum atomic E-state index is 11.4. The van der Waals surface area contributed by atoms with Crippen LogP contribution in [-0.2, 0) is 9.53 Å². The zero-order chi connectivity index (χ0) is 8.36. The van der Waals surface area contributed by atoms with Gasteiger partial charge in [0.15, 0.2) is 6.10 Å². The molecule has 7 heteroatoms. The van der Waals surface area contributed by atoms with Crippen LogP contribution in [0.3, 0.4) is 0 Å². The molecule has 0 aromatic rings. The molecule has 0 aromatic heterocycles. The van der Waals surface area contributed by atoms with Crippen LogP contribution in [0.1, 0.15) is 8.35 Å². The number of alkyl halides is 3. The minimum Gasteiger partial charge on any atom is -1.00 e. The topological polar surface area (TPSA) is 26.3 Å². The number of hydrogen-bond acceptors (Lipinski definition) is 2. The van der Waals surface area contributed by atoms with Gasteiger partial charge in [-0.3, -0.25) is 9.53 Å². The van der Waals surface area contributed by atoms with Gasteiger partial charge < -0.3 is 1.43 Å². The van der Waals surface area contributed by atoms with Crippen molar-refractivity contribution >= 4 is 6.04 Å². The van der Waals surface area contributed by atoms with Crippen molar-refractivity contribution in [3.8, 4) is 0 Å². The van der Waals surface area contributed by atoms with E-state index in [1.54, 1.807) is 0 Å². The van der Waals surface area contributed by atoms with Crippen molar-refractivity contribution in [3.63, 3.8) is 0 Å². The normalized spacial score (nSPS) is 13.5. The summed E-state index contributed by atoms with van der Waals surface area (Å²) in [6, 6.07) is -2.14. The first-order valence-corrected chi connectivity index (χ1v) is 2.27. The summed E-state index contributed by atoms with van der Waals surface area (Å²) in [5.74, 6) is 0. The van der Waals surface area contributed by atoms with Gasteiger partial charge in [-0.15, -0.1) is 13.2 Å². The Bertz CT molecular complexity index is 140. The Hall–Kier alpha value is 0.986. The summed E-state index contributed by atoms with van der Waals surface area (Å²) in [4.78, 5) is 9.53. The second-order valence-electron chi connectivity index (χ2n) is 1.51. The molecule has 0 saturated heterocycles. The average molecular weight is 200 g/mol. The Morgan fingerprint density at radius 2 is 1.91 bits per heavy atom. The first-order chi connectivity index (χ1) is 4.33. The van der Waals surface area contributed by atoms with Gasteiger partial charge in [0, 0.05) is 0 Å². The number of hydrogen-bond donors (Lipinski definition) is 0. The third-order valence-electron chi connectivity index (χ3n) is 0.630. The maximum absolute atomic E-state index is 11.4. The molecule has 0 bridgehead atoms. The van der Waals surface area contributed by atoms with Crippen molar-refractivity contribution < 1.29 is 79.9 Å². The smallest absolute Gasteiger partial charge is 1.00 e. The molecule has 0 amide bonds. The summed E-state index contributed by atoms with van der Waals surface area (Å²) >= 11 is 0. The van der Waals surface area contributed by atoms with Gasteiger partial charge in [0.2, 0.25) is 0 Å². The Kier molecular flexibility index (Phi) is 7.39. The van der Waals surface area contributed by atoms with Gasteiger partial charge in [-0.1, -0.05) is 0 Å². The molecule has 0 heterocycles. The van der Waals surface area contributed by atoms with E-state index >= 15 is 0 Å². The van der Waals surface area contributed by atoms with Crippen molar-refractivity contribution in [1.29, 1.82) is 0 Å². The summed E-state index contributed by atoms with van der Waals surface area (Å²) < 4.78 is 47.7. The van der Waals surface area contributed by atoms with E-state index in [2.05, 4.69) is 4.74 Å². The van der Waals surface area contributed by atoms with Gasteiger partial charge in [0.05, 0.1) is 0 Å². The SMILES string of the molecule is CC(OC(F)(F)F)C(=O)F.[H-].[K+]. The van der Waals surface area contributed by atoms with Crippen LogP contribution in [0.4, 0.5) is 17.6 Å². The molecule has 1 unspecified atom stereocenters. The van der Waals surface area contributed by atoms with Crippen LogP contribution < -0.4 is 51.4 Å². The molecule has 2 nitrogen and oxygen atoms in total. The van der Waals surface area contributed by atoms with Crippen LogP contribution in [0.5, 0.6) is 0 Å². The number of carbonyl (C=O) groups excluding carboxylic acids is 1. The van der Waals surface area contributed by atoms with Crippen LogP contribution >= 0.6 is 0 Å². The molecule has 0 radical (unpaired) electrons. The number of halogens is 4. The second-order valence-corrected chi connectivity index (χ2v) is 1.51. The van der Waals surface area contributed by atoms with E-state index in [1.165, 1.54) is 0 Å². The minimum absolute atomic E-state index is 0. The van der Waals surface area contributed by atoms with E-state index in [0.717, 1.165) is 0 Å². The predicted molar refractivity (Wildman–Crippen MR) is 23.8 cm³/mol. The molecule has 0 spiro atoms. The molecule has 0 saturated carbocycles. The average Bonchev–Trinajstić information content (AvgIpc) is 1.60. The monoisotopic (exact) mass is 200 g/mol. The molecular weight excluding hydrogens is 195 g/mol. The molecule has 62 valence electrons. The van der Waals surface area contributed by atoms with Crippen molar-refractivity contribution in [2.24, 2.45) is 0 Å². The first kappa shape index (κ1) is 14.5. The van der Waals surface area contributed by atoms with Gasteiger partial charge in [-0.25, -0.2) is 0 Å². The molecule has 0 aliphatic rings. The molecule has 0 aliphatic carbocycles. The van der Waals surface area contributed by atoms with E-state index < -0.39 is 18.5 Å². The molecule has 0 aromatic carbocycles.